The molecule has 0 fully saturated rings. The fraction of sp³-hybridized carbons (Fsp3) is 0. The smallest absolute Gasteiger partial charge is 0.0561 e. The number of hydrogen-bond donors (Lipinski definition) is 0. The van der Waals surface area contributed by atoms with E-state index < -0.39 is 0 Å². The molecule has 0 aliphatic carbocycles. The summed E-state index contributed by atoms with van der Waals surface area (Å²) in [5.41, 5.74) is 16.1. The maximum absolute atomic E-state index is 2.47. The van der Waals surface area contributed by atoms with Crippen molar-refractivity contribution in [3.05, 3.63) is 255 Å². The zero-order valence-corrected chi connectivity index (χ0v) is 35.1. The van der Waals surface area contributed by atoms with Crippen LogP contribution in [0.25, 0.3) is 93.5 Å². The van der Waals surface area contributed by atoms with E-state index in [1.807, 2.05) is 0 Å². The average molecular weight is 815 g/mol. The van der Waals surface area contributed by atoms with Gasteiger partial charge in [-0.15, -0.1) is 0 Å². The first kappa shape index (κ1) is 37.3. The highest BCUT2D eigenvalue weighted by molar-refractivity contribution is 6.16. The maximum Gasteiger partial charge on any atom is 0.0561 e. The van der Waals surface area contributed by atoms with Crippen LogP contribution in [-0.4, -0.2) is 4.57 Å². The lowest BCUT2D eigenvalue weighted by Crippen LogP contribution is -2.12. The van der Waals surface area contributed by atoms with Crippen molar-refractivity contribution in [1.82, 2.24) is 4.57 Å². The van der Waals surface area contributed by atoms with Crippen LogP contribution in [0.15, 0.2) is 255 Å². The Labute approximate surface area is 373 Å². The Bertz CT molecular complexity index is 3640. The van der Waals surface area contributed by atoms with Crippen LogP contribution < -0.4 is 4.90 Å². The molecule has 300 valence electrons. The quantitative estimate of drug-likeness (QED) is 0.139. The zero-order valence-electron chi connectivity index (χ0n) is 35.1. The minimum absolute atomic E-state index is 1.07. The van der Waals surface area contributed by atoms with Crippen molar-refractivity contribution in [2.45, 2.75) is 0 Å². The molecule has 0 atom stereocenters. The number of aromatic nitrogens is 1. The Hall–Kier alpha value is -8.46. The number of para-hydroxylation sites is 2. The summed E-state index contributed by atoms with van der Waals surface area (Å²) in [4.78, 5) is 2.47. The van der Waals surface area contributed by atoms with Crippen LogP contribution >= 0.6 is 0 Å². The first-order valence-electron chi connectivity index (χ1n) is 22.0. The van der Waals surface area contributed by atoms with Crippen LogP contribution in [-0.2, 0) is 0 Å². The molecule has 0 bridgehead atoms. The summed E-state index contributed by atoms with van der Waals surface area (Å²) < 4.78 is 2.41. The highest BCUT2D eigenvalue weighted by Crippen LogP contribution is 2.49. The van der Waals surface area contributed by atoms with E-state index in [0.717, 1.165) is 39.4 Å². The molecule has 12 aromatic rings. The Morgan fingerprint density at radius 3 is 1.59 bits per heavy atom. The highest BCUT2D eigenvalue weighted by Gasteiger charge is 2.24. The van der Waals surface area contributed by atoms with Crippen molar-refractivity contribution < 1.29 is 0 Å². The molecule has 0 amide bonds. The van der Waals surface area contributed by atoms with Crippen molar-refractivity contribution >= 4 is 60.4 Å². The molecule has 2 nitrogen and oxygen atoms in total. The molecule has 0 saturated heterocycles. The third-order valence-corrected chi connectivity index (χ3v) is 12.8. The predicted octanol–water partition coefficient (Wildman–Crippen LogP) is 17.2. The first-order chi connectivity index (χ1) is 31.8. The van der Waals surface area contributed by atoms with E-state index in [1.165, 1.54) is 71.2 Å². The zero-order chi connectivity index (χ0) is 42.4. The summed E-state index contributed by atoms with van der Waals surface area (Å²) in [7, 11) is 0. The molecular formula is C62H42N2. The van der Waals surface area contributed by atoms with Crippen LogP contribution in [0.2, 0.25) is 0 Å². The van der Waals surface area contributed by atoms with Crippen molar-refractivity contribution in [1.29, 1.82) is 0 Å². The van der Waals surface area contributed by atoms with Crippen LogP contribution in [0.1, 0.15) is 0 Å². The molecule has 64 heavy (non-hydrogen) atoms. The van der Waals surface area contributed by atoms with Gasteiger partial charge in [-0.3, -0.25) is 0 Å². The average Bonchev–Trinajstić information content (AvgIpc) is 3.71. The lowest BCUT2D eigenvalue weighted by Gasteiger charge is -2.30. The predicted molar refractivity (Wildman–Crippen MR) is 272 cm³/mol. The molecule has 0 N–H and O–H groups in total. The van der Waals surface area contributed by atoms with Gasteiger partial charge in [-0.1, -0.05) is 194 Å². The van der Waals surface area contributed by atoms with Gasteiger partial charge in [-0.2, -0.15) is 0 Å². The Balaban J connectivity index is 1.17. The molecule has 0 radical (unpaired) electrons. The first-order valence-corrected chi connectivity index (χ1v) is 22.0. The monoisotopic (exact) mass is 814 g/mol. The van der Waals surface area contributed by atoms with Gasteiger partial charge in [-0.05, 0) is 121 Å². The summed E-state index contributed by atoms with van der Waals surface area (Å²) in [6.07, 6.45) is 0. The minimum Gasteiger partial charge on any atom is -0.310 e. The molecule has 0 unspecified atom stereocenters. The van der Waals surface area contributed by atoms with E-state index in [4.69, 9.17) is 0 Å². The third kappa shape index (κ3) is 6.44. The number of fused-ring (bicyclic) bond motifs is 6. The van der Waals surface area contributed by atoms with Crippen LogP contribution in [0, 0.1) is 0 Å². The van der Waals surface area contributed by atoms with E-state index >= 15 is 0 Å². The molecule has 0 aliphatic rings. The molecule has 2 heteroatoms. The number of benzene rings is 11. The lowest BCUT2D eigenvalue weighted by atomic mass is 9.87. The van der Waals surface area contributed by atoms with E-state index in [0.29, 0.717) is 0 Å². The fourth-order valence-electron chi connectivity index (χ4n) is 9.83. The van der Waals surface area contributed by atoms with Gasteiger partial charge in [0.15, 0.2) is 0 Å². The molecule has 0 aliphatic heterocycles. The standard InChI is InChI=1S/C62H42N2/c1-4-18-43(19-5-1)45-34-36-50(37-35-45)63(51-38-39-56-55-30-14-15-32-59(55)64(61(56)42-51)49-25-8-3-9-26-49)60-33-17-31-57(62(60)48-24-16-23-46(40-48)44-20-6-2-7-21-44)58-41-47-22-10-11-27-52(47)53-28-12-13-29-54(53)58/h1-42H. The van der Waals surface area contributed by atoms with Crippen molar-refractivity contribution in [2.75, 3.05) is 4.90 Å². The summed E-state index contributed by atoms with van der Waals surface area (Å²) in [6.45, 7) is 0. The third-order valence-electron chi connectivity index (χ3n) is 12.8. The number of rotatable bonds is 8. The minimum atomic E-state index is 1.07. The fourth-order valence-corrected chi connectivity index (χ4v) is 9.83. The van der Waals surface area contributed by atoms with E-state index in [9.17, 15) is 0 Å². The molecule has 0 saturated carbocycles. The largest absolute Gasteiger partial charge is 0.310 e. The van der Waals surface area contributed by atoms with Gasteiger partial charge >= 0.3 is 0 Å². The summed E-state index contributed by atoms with van der Waals surface area (Å²) in [6, 6.07) is 92.9. The second-order valence-electron chi connectivity index (χ2n) is 16.5. The Morgan fingerprint density at radius 2 is 0.828 bits per heavy atom. The summed E-state index contributed by atoms with van der Waals surface area (Å²) in [5.74, 6) is 0. The van der Waals surface area contributed by atoms with Crippen molar-refractivity contribution in [3.63, 3.8) is 0 Å². The highest BCUT2D eigenvalue weighted by atomic mass is 15.1. The SMILES string of the molecule is c1ccc(-c2ccc(N(c3ccc4c5ccccc5n(-c5ccccc5)c4c3)c3cccc(-c4cc5ccccc5c5ccccc45)c3-c3cccc(-c4ccccc4)c3)cc2)cc1. The number of anilines is 3. The second-order valence-corrected chi connectivity index (χ2v) is 16.5. The van der Waals surface area contributed by atoms with Gasteiger partial charge < -0.3 is 9.47 Å². The Morgan fingerprint density at radius 1 is 0.281 bits per heavy atom. The van der Waals surface area contributed by atoms with Gasteiger partial charge in [0.1, 0.15) is 0 Å². The summed E-state index contributed by atoms with van der Waals surface area (Å²) >= 11 is 0. The van der Waals surface area contributed by atoms with E-state index in [1.54, 1.807) is 0 Å². The number of hydrogen-bond acceptors (Lipinski definition) is 1. The van der Waals surface area contributed by atoms with E-state index in [2.05, 4.69) is 264 Å². The normalized spacial score (nSPS) is 11.4. The molecule has 1 aromatic heterocycles. The topological polar surface area (TPSA) is 8.17 Å². The van der Waals surface area contributed by atoms with Crippen LogP contribution in [0.3, 0.4) is 0 Å². The van der Waals surface area contributed by atoms with E-state index in [-0.39, 0.29) is 0 Å². The van der Waals surface area contributed by atoms with Crippen molar-refractivity contribution in [2.24, 2.45) is 0 Å². The van der Waals surface area contributed by atoms with Crippen LogP contribution in [0.4, 0.5) is 17.1 Å². The lowest BCUT2D eigenvalue weighted by molar-refractivity contribution is 1.18. The van der Waals surface area contributed by atoms with Gasteiger partial charge in [0.05, 0.1) is 16.7 Å². The van der Waals surface area contributed by atoms with Gasteiger partial charge in [0.25, 0.3) is 0 Å². The van der Waals surface area contributed by atoms with Gasteiger partial charge in [0, 0.05) is 33.4 Å². The molecule has 0 spiro atoms. The van der Waals surface area contributed by atoms with Gasteiger partial charge in [-0.25, -0.2) is 0 Å². The second kappa shape index (κ2) is 15.8. The van der Waals surface area contributed by atoms with Crippen LogP contribution in [0.5, 0.6) is 0 Å². The molecule has 11 aromatic carbocycles. The molecule has 12 rings (SSSR count). The molecule has 1 heterocycles. The number of nitrogens with zero attached hydrogens (tertiary/aromatic N) is 2. The van der Waals surface area contributed by atoms with Gasteiger partial charge in [0.2, 0.25) is 0 Å². The Kier molecular flexibility index (Phi) is 9.20. The maximum atomic E-state index is 2.47. The molecular weight excluding hydrogens is 773 g/mol. The summed E-state index contributed by atoms with van der Waals surface area (Å²) in [5, 5.41) is 7.40. The van der Waals surface area contributed by atoms with Crippen molar-refractivity contribution in [3.8, 4) is 50.2 Å².